The van der Waals surface area contributed by atoms with E-state index >= 15 is 0 Å². The Balaban J connectivity index is 2.85. The minimum atomic E-state index is 0.114. The lowest BCUT2D eigenvalue weighted by Gasteiger charge is -2.13. The fraction of sp³-hybridized carbons (Fsp3) is 0.364. The molecule has 0 heterocycles. The molecule has 1 aromatic rings. The Hall–Kier alpha value is -0.960. The molecule has 0 atom stereocenters. The van der Waals surface area contributed by atoms with Gasteiger partial charge in [0.25, 0.3) is 0 Å². The monoisotopic (exact) mass is 209 g/mol. The molecule has 0 saturated carbocycles. The molecule has 0 saturated heterocycles. The van der Waals surface area contributed by atoms with Crippen LogP contribution >= 0.6 is 11.8 Å². The number of hydrogen-bond donors (Lipinski definition) is 1. The Labute approximate surface area is 89.1 Å². The summed E-state index contributed by atoms with van der Waals surface area (Å²) < 4.78 is 0. The van der Waals surface area contributed by atoms with Crippen LogP contribution in [0.3, 0.4) is 0 Å². The van der Waals surface area contributed by atoms with E-state index in [-0.39, 0.29) is 5.12 Å². The van der Waals surface area contributed by atoms with Gasteiger partial charge in [0.05, 0.1) is 0 Å². The Kier molecular flexibility index (Phi) is 4.01. The number of hydrogen-bond acceptors (Lipinski definition) is 3. The van der Waals surface area contributed by atoms with E-state index in [4.69, 9.17) is 0 Å². The molecule has 0 spiro atoms. The number of carbonyl (C=O) groups excluding carboxylic acids is 1. The number of carbonyl (C=O) groups is 1. The first-order valence-corrected chi connectivity index (χ1v) is 5.45. The molecule has 0 bridgehead atoms. The Morgan fingerprint density at radius 2 is 2.00 bits per heavy atom. The maximum atomic E-state index is 11.0. The summed E-state index contributed by atoms with van der Waals surface area (Å²) in [5.41, 5.74) is 1.03. The van der Waals surface area contributed by atoms with Gasteiger partial charge in [-0.2, -0.15) is 0 Å². The van der Waals surface area contributed by atoms with Crippen LogP contribution in [0.4, 0.5) is 5.69 Å². The van der Waals surface area contributed by atoms with E-state index in [9.17, 15) is 4.79 Å². The molecular weight excluding hydrogens is 194 g/mol. The second-order valence-electron chi connectivity index (χ2n) is 3.39. The number of rotatable bonds is 3. The van der Waals surface area contributed by atoms with Gasteiger partial charge in [0.2, 0.25) is 0 Å². The smallest absolute Gasteiger partial charge is 0.190 e. The minimum absolute atomic E-state index is 0.114. The van der Waals surface area contributed by atoms with Crippen molar-refractivity contribution in [2.75, 3.05) is 5.32 Å². The maximum absolute atomic E-state index is 11.0. The molecule has 0 aliphatic carbocycles. The summed E-state index contributed by atoms with van der Waals surface area (Å²) >= 11 is 1.27. The molecule has 0 aliphatic heterocycles. The Morgan fingerprint density at radius 1 is 1.36 bits per heavy atom. The lowest BCUT2D eigenvalue weighted by atomic mass is 10.3. The zero-order valence-corrected chi connectivity index (χ0v) is 9.52. The highest BCUT2D eigenvalue weighted by Gasteiger charge is 2.05. The lowest BCUT2D eigenvalue weighted by Crippen LogP contribution is -2.10. The molecule has 0 amide bonds. The zero-order valence-electron chi connectivity index (χ0n) is 8.70. The van der Waals surface area contributed by atoms with Gasteiger partial charge in [-0.15, -0.1) is 0 Å². The molecule has 1 N–H and O–H groups in total. The SMILES string of the molecule is CC(=O)Sc1ccccc1NC(C)C. The van der Waals surface area contributed by atoms with E-state index < -0.39 is 0 Å². The van der Waals surface area contributed by atoms with E-state index in [0.29, 0.717) is 6.04 Å². The lowest BCUT2D eigenvalue weighted by molar-refractivity contribution is -0.109. The van der Waals surface area contributed by atoms with Gasteiger partial charge in [0, 0.05) is 23.5 Å². The normalized spacial score (nSPS) is 10.3. The number of thioether (sulfide) groups is 1. The van der Waals surface area contributed by atoms with Gasteiger partial charge in [-0.05, 0) is 26.0 Å². The molecule has 1 aromatic carbocycles. The number of nitrogens with one attached hydrogen (secondary N) is 1. The molecule has 14 heavy (non-hydrogen) atoms. The standard InChI is InChI=1S/C11H15NOS/c1-8(2)12-10-6-4-5-7-11(10)14-9(3)13/h4-8,12H,1-3H3. The second kappa shape index (κ2) is 5.05. The molecule has 76 valence electrons. The van der Waals surface area contributed by atoms with Crippen molar-refractivity contribution in [3.8, 4) is 0 Å². The van der Waals surface area contributed by atoms with E-state index in [0.717, 1.165) is 10.6 Å². The van der Waals surface area contributed by atoms with Crippen LogP contribution in [0.25, 0.3) is 0 Å². The summed E-state index contributed by atoms with van der Waals surface area (Å²) in [6.07, 6.45) is 0. The molecule has 2 nitrogen and oxygen atoms in total. The molecular formula is C11H15NOS. The Bertz CT molecular complexity index is 323. The van der Waals surface area contributed by atoms with Crippen molar-refractivity contribution in [1.29, 1.82) is 0 Å². The van der Waals surface area contributed by atoms with Gasteiger partial charge in [0.1, 0.15) is 0 Å². The first-order chi connectivity index (χ1) is 6.59. The molecule has 0 unspecified atom stereocenters. The molecule has 3 heteroatoms. The summed E-state index contributed by atoms with van der Waals surface area (Å²) in [4.78, 5) is 12.0. The van der Waals surface area contributed by atoms with Crippen LogP contribution in [0.5, 0.6) is 0 Å². The van der Waals surface area contributed by atoms with Crippen molar-refractivity contribution in [1.82, 2.24) is 0 Å². The van der Waals surface area contributed by atoms with Gasteiger partial charge in [-0.1, -0.05) is 23.9 Å². The summed E-state index contributed by atoms with van der Waals surface area (Å²) in [6, 6.07) is 8.23. The van der Waals surface area contributed by atoms with Gasteiger partial charge in [-0.3, -0.25) is 4.79 Å². The van der Waals surface area contributed by atoms with Crippen molar-refractivity contribution in [2.24, 2.45) is 0 Å². The molecule has 0 radical (unpaired) electrons. The highest BCUT2D eigenvalue weighted by molar-refractivity contribution is 8.13. The zero-order chi connectivity index (χ0) is 10.6. The third kappa shape index (κ3) is 3.42. The maximum Gasteiger partial charge on any atom is 0.190 e. The first kappa shape index (κ1) is 11.1. The van der Waals surface area contributed by atoms with Gasteiger partial charge in [0.15, 0.2) is 5.12 Å². The summed E-state index contributed by atoms with van der Waals surface area (Å²) in [6.45, 7) is 5.74. The van der Waals surface area contributed by atoms with E-state index in [1.807, 2.05) is 24.3 Å². The summed E-state index contributed by atoms with van der Waals surface area (Å²) in [7, 11) is 0. The molecule has 0 fully saturated rings. The largest absolute Gasteiger partial charge is 0.382 e. The fourth-order valence-electron chi connectivity index (χ4n) is 1.14. The molecule has 0 aliphatic rings. The fourth-order valence-corrected chi connectivity index (χ4v) is 1.83. The number of anilines is 1. The van der Waals surface area contributed by atoms with Crippen LogP contribution in [-0.2, 0) is 4.79 Å². The third-order valence-corrected chi connectivity index (χ3v) is 2.45. The third-order valence-electron chi connectivity index (χ3n) is 1.58. The van der Waals surface area contributed by atoms with Crippen LogP contribution in [0.1, 0.15) is 20.8 Å². The average molecular weight is 209 g/mol. The van der Waals surface area contributed by atoms with Crippen LogP contribution in [0.15, 0.2) is 29.2 Å². The van der Waals surface area contributed by atoms with Crippen molar-refractivity contribution < 1.29 is 4.79 Å². The molecule has 0 aromatic heterocycles. The quantitative estimate of drug-likeness (QED) is 0.775. The average Bonchev–Trinajstić information content (AvgIpc) is 2.06. The minimum Gasteiger partial charge on any atom is -0.382 e. The summed E-state index contributed by atoms with van der Waals surface area (Å²) in [5.74, 6) is 0. The number of benzene rings is 1. The van der Waals surface area contributed by atoms with Gasteiger partial charge < -0.3 is 5.32 Å². The van der Waals surface area contributed by atoms with Crippen molar-refractivity contribution >= 4 is 22.6 Å². The second-order valence-corrected chi connectivity index (χ2v) is 4.61. The predicted octanol–water partition coefficient (Wildman–Crippen LogP) is 3.15. The van der Waals surface area contributed by atoms with Crippen molar-refractivity contribution in [3.63, 3.8) is 0 Å². The predicted molar refractivity (Wildman–Crippen MR) is 61.7 cm³/mol. The van der Waals surface area contributed by atoms with Crippen LogP contribution in [0, 0.1) is 0 Å². The van der Waals surface area contributed by atoms with Crippen LogP contribution in [-0.4, -0.2) is 11.2 Å². The molecule has 1 rings (SSSR count). The van der Waals surface area contributed by atoms with Crippen molar-refractivity contribution in [2.45, 2.75) is 31.7 Å². The highest BCUT2D eigenvalue weighted by atomic mass is 32.2. The first-order valence-electron chi connectivity index (χ1n) is 4.63. The Morgan fingerprint density at radius 3 is 2.57 bits per heavy atom. The van der Waals surface area contributed by atoms with E-state index in [1.165, 1.54) is 11.8 Å². The van der Waals surface area contributed by atoms with Gasteiger partial charge >= 0.3 is 0 Å². The van der Waals surface area contributed by atoms with Crippen molar-refractivity contribution in [3.05, 3.63) is 24.3 Å². The number of para-hydroxylation sites is 1. The topological polar surface area (TPSA) is 29.1 Å². The van der Waals surface area contributed by atoms with Crippen LogP contribution < -0.4 is 5.32 Å². The highest BCUT2D eigenvalue weighted by Crippen LogP contribution is 2.27. The van der Waals surface area contributed by atoms with Crippen LogP contribution in [0.2, 0.25) is 0 Å². The summed E-state index contributed by atoms with van der Waals surface area (Å²) in [5, 5.41) is 3.42. The van der Waals surface area contributed by atoms with E-state index in [2.05, 4.69) is 19.2 Å². The van der Waals surface area contributed by atoms with Gasteiger partial charge in [-0.25, -0.2) is 0 Å². The van der Waals surface area contributed by atoms with E-state index in [1.54, 1.807) is 6.92 Å².